The molecule has 1 aromatic heterocycles. The van der Waals surface area contributed by atoms with Crippen LogP contribution in [0.25, 0.3) is 0 Å². The van der Waals surface area contributed by atoms with Crippen LogP contribution >= 0.6 is 0 Å². The summed E-state index contributed by atoms with van der Waals surface area (Å²) in [5.74, 6) is -0.0741. The molecule has 1 aliphatic rings. The summed E-state index contributed by atoms with van der Waals surface area (Å²) in [6.45, 7) is 2.63. The number of ether oxygens (including phenoxy) is 1. The number of anilines is 2. The minimum Gasteiger partial charge on any atom is -0.485 e. The molecule has 6 heteroatoms. The van der Waals surface area contributed by atoms with Crippen molar-refractivity contribution in [2.24, 2.45) is 5.92 Å². The molecule has 152 valence electrons. The van der Waals surface area contributed by atoms with Crippen molar-refractivity contribution in [3.05, 3.63) is 84.2 Å². The lowest BCUT2D eigenvalue weighted by atomic mass is 10.1. The van der Waals surface area contributed by atoms with Gasteiger partial charge >= 0.3 is 0 Å². The van der Waals surface area contributed by atoms with Crippen molar-refractivity contribution in [1.29, 1.82) is 0 Å². The Hall–Kier alpha value is -3.67. The second kappa shape index (κ2) is 8.78. The fraction of sp³-hybridized carbons (Fsp3) is 0.208. The molecule has 2 amide bonds. The molecule has 0 aliphatic carbocycles. The zero-order valence-corrected chi connectivity index (χ0v) is 16.7. The number of aryl methyl sites for hydroxylation is 1. The van der Waals surface area contributed by atoms with E-state index >= 15 is 0 Å². The summed E-state index contributed by atoms with van der Waals surface area (Å²) >= 11 is 0. The highest BCUT2D eigenvalue weighted by atomic mass is 16.5. The van der Waals surface area contributed by atoms with Crippen molar-refractivity contribution in [2.45, 2.75) is 20.0 Å². The van der Waals surface area contributed by atoms with Gasteiger partial charge in [0, 0.05) is 24.8 Å². The van der Waals surface area contributed by atoms with E-state index < -0.39 is 5.92 Å². The number of carbonyl (C=O) groups is 2. The standard InChI is InChI=1S/C24H23N3O3/c1-17-8-2-4-11-21(17)27-15-18(14-23(27)28)24(29)26-20-10-3-5-12-22(20)30-16-19-9-6-7-13-25-19/h2-13,18H,14-16H2,1H3,(H,26,29). The first-order valence-electron chi connectivity index (χ1n) is 9.90. The Morgan fingerprint density at radius 3 is 2.67 bits per heavy atom. The van der Waals surface area contributed by atoms with Crippen LogP contribution in [0.5, 0.6) is 5.75 Å². The van der Waals surface area contributed by atoms with Crippen LogP contribution in [0.2, 0.25) is 0 Å². The topological polar surface area (TPSA) is 71.5 Å². The molecular formula is C24H23N3O3. The number of nitrogens with zero attached hydrogens (tertiary/aromatic N) is 2. The average Bonchev–Trinajstić information content (AvgIpc) is 3.16. The van der Waals surface area contributed by atoms with Gasteiger partial charge in [0.25, 0.3) is 0 Å². The molecule has 0 radical (unpaired) electrons. The van der Waals surface area contributed by atoms with Gasteiger partial charge in [0.2, 0.25) is 11.8 Å². The van der Waals surface area contributed by atoms with Gasteiger partial charge in [-0.15, -0.1) is 0 Å². The van der Waals surface area contributed by atoms with Gasteiger partial charge in [0.05, 0.1) is 17.3 Å². The van der Waals surface area contributed by atoms with Crippen LogP contribution < -0.4 is 15.0 Å². The predicted molar refractivity (Wildman–Crippen MR) is 115 cm³/mol. The van der Waals surface area contributed by atoms with Gasteiger partial charge in [-0.1, -0.05) is 36.4 Å². The fourth-order valence-electron chi connectivity index (χ4n) is 3.55. The molecule has 0 spiro atoms. The summed E-state index contributed by atoms with van der Waals surface area (Å²) in [5, 5.41) is 2.93. The minimum atomic E-state index is -0.416. The number of carbonyl (C=O) groups excluding carboxylic acids is 2. The molecule has 1 unspecified atom stereocenters. The fourth-order valence-corrected chi connectivity index (χ4v) is 3.55. The van der Waals surface area contributed by atoms with Gasteiger partial charge in [-0.2, -0.15) is 0 Å². The summed E-state index contributed by atoms with van der Waals surface area (Å²) < 4.78 is 5.86. The molecular weight excluding hydrogens is 378 g/mol. The van der Waals surface area contributed by atoms with E-state index in [1.54, 1.807) is 23.2 Å². The van der Waals surface area contributed by atoms with E-state index in [1.165, 1.54) is 0 Å². The first-order valence-corrected chi connectivity index (χ1v) is 9.90. The van der Waals surface area contributed by atoms with Crippen molar-refractivity contribution in [3.8, 4) is 5.75 Å². The van der Waals surface area contributed by atoms with Crippen LogP contribution in [-0.4, -0.2) is 23.3 Å². The summed E-state index contributed by atoms with van der Waals surface area (Å²) in [5.41, 5.74) is 3.26. The lowest BCUT2D eigenvalue weighted by Crippen LogP contribution is -2.28. The maximum Gasteiger partial charge on any atom is 0.229 e. The molecule has 2 aromatic carbocycles. The Labute approximate surface area is 175 Å². The molecule has 1 fully saturated rings. The molecule has 0 saturated carbocycles. The smallest absolute Gasteiger partial charge is 0.229 e. The molecule has 0 bridgehead atoms. The summed E-state index contributed by atoms with van der Waals surface area (Å²) in [4.78, 5) is 31.4. The average molecular weight is 401 g/mol. The normalized spacial score (nSPS) is 15.8. The van der Waals surface area contributed by atoms with Gasteiger partial charge in [-0.25, -0.2) is 0 Å². The van der Waals surface area contributed by atoms with E-state index in [1.807, 2.05) is 61.5 Å². The summed E-state index contributed by atoms with van der Waals surface area (Å²) in [6, 6.07) is 20.6. The van der Waals surface area contributed by atoms with Crippen LogP contribution in [0.3, 0.4) is 0 Å². The zero-order valence-electron chi connectivity index (χ0n) is 16.7. The number of hydrogen-bond donors (Lipinski definition) is 1. The Morgan fingerprint density at radius 2 is 1.87 bits per heavy atom. The van der Waals surface area contributed by atoms with E-state index in [9.17, 15) is 9.59 Å². The Kier molecular flexibility index (Phi) is 5.75. The third kappa shape index (κ3) is 4.33. The molecule has 1 atom stereocenters. The second-order valence-electron chi connectivity index (χ2n) is 7.29. The quantitative estimate of drug-likeness (QED) is 0.679. The van der Waals surface area contributed by atoms with Crippen molar-refractivity contribution < 1.29 is 14.3 Å². The Bertz CT molecular complexity index is 1050. The maximum atomic E-state index is 12.9. The SMILES string of the molecule is Cc1ccccc1N1CC(C(=O)Nc2ccccc2OCc2ccccn2)CC1=O. The van der Waals surface area contributed by atoms with Crippen molar-refractivity contribution >= 4 is 23.2 Å². The lowest BCUT2D eigenvalue weighted by molar-refractivity contribution is -0.122. The van der Waals surface area contributed by atoms with Crippen LogP contribution in [0, 0.1) is 12.8 Å². The third-order valence-electron chi connectivity index (χ3n) is 5.15. The first kappa shape index (κ1) is 19.6. The van der Waals surface area contributed by atoms with Crippen molar-refractivity contribution in [1.82, 2.24) is 4.98 Å². The maximum absolute atomic E-state index is 12.9. The zero-order chi connectivity index (χ0) is 20.9. The van der Waals surface area contributed by atoms with Gasteiger partial charge < -0.3 is 15.0 Å². The van der Waals surface area contributed by atoms with Gasteiger partial charge in [0.1, 0.15) is 12.4 Å². The molecule has 1 saturated heterocycles. The van der Waals surface area contributed by atoms with Crippen molar-refractivity contribution in [2.75, 3.05) is 16.8 Å². The highest BCUT2D eigenvalue weighted by Gasteiger charge is 2.35. The van der Waals surface area contributed by atoms with E-state index in [0.717, 1.165) is 16.9 Å². The summed E-state index contributed by atoms with van der Waals surface area (Å²) in [7, 11) is 0. The molecule has 3 aromatic rings. The molecule has 30 heavy (non-hydrogen) atoms. The van der Waals surface area contributed by atoms with E-state index in [4.69, 9.17) is 4.74 Å². The van der Waals surface area contributed by atoms with E-state index in [0.29, 0.717) is 24.6 Å². The number of hydrogen-bond acceptors (Lipinski definition) is 4. The van der Waals surface area contributed by atoms with E-state index in [2.05, 4.69) is 10.3 Å². The number of para-hydroxylation sites is 3. The number of amides is 2. The molecule has 6 nitrogen and oxygen atoms in total. The highest BCUT2D eigenvalue weighted by molar-refractivity contribution is 6.04. The van der Waals surface area contributed by atoms with Gasteiger partial charge in [-0.05, 0) is 42.8 Å². The third-order valence-corrected chi connectivity index (χ3v) is 5.15. The van der Waals surface area contributed by atoms with Crippen LogP contribution in [0.15, 0.2) is 72.9 Å². The van der Waals surface area contributed by atoms with Crippen LogP contribution in [0.4, 0.5) is 11.4 Å². The van der Waals surface area contributed by atoms with Gasteiger partial charge in [-0.3, -0.25) is 14.6 Å². The van der Waals surface area contributed by atoms with E-state index in [-0.39, 0.29) is 18.2 Å². The molecule has 1 N–H and O–H groups in total. The van der Waals surface area contributed by atoms with Crippen LogP contribution in [0.1, 0.15) is 17.7 Å². The minimum absolute atomic E-state index is 0.0378. The molecule has 2 heterocycles. The second-order valence-corrected chi connectivity index (χ2v) is 7.29. The first-order chi connectivity index (χ1) is 14.6. The number of pyridine rings is 1. The van der Waals surface area contributed by atoms with Gasteiger partial charge in [0.15, 0.2) is 0 Å². The monoisotopic (exact) mass is 401 g/mol. The molecule has 4 rings (SSSR count). The Balaban J connectivity index is 1.43. The van der Waals surface area contributed by atoms with Crippen LogP contribution in [-0.2, 0) is 16.2 Å². The summed E-state index contributed by atoms with van der Waals surface area (Å²) in [6.07, 6.45) is 1.90. The number of aromatic nitrogens is 1. The Morgan fingerprint density at radius 1 is 1.10 bits per heavy atom. The highest BCUT2D eigenvalue weighted by Crippen LogP contribution is 2.30. The lowest BCUT2D eigenvalue weighted by Gasteiger charge is -2.19. The predicted octanol–water partition coefficient (Wildman–Crippen LogP) is 3.96. The van der Waals surface area contributed by atoms with Crippen molar-refractivity contribution in [3.63, 3.8) is 0 Å². The number of nitrogens with one attached hydrogen (secondary N) is 1. The number of rotatable bonds is 6. The number of benzene rings is 2. The molecule has 1 aliphatic heterocycles. The largest absolute Gasteiger partial charge is 0.485 e.